The van der Waals surface area contributed by atoms with Crippen molar-refractivity contribution in [3.05, 3.63) is 28.2 Å². The lowest BCUT2D eigenvalue weighted by molar-refractivity contribution is -0.122. The third-order valence-electron chi connectivity index (χ3n) is 3.31. The van der Waals surface area contributed by atoms with E-state index in [-0.39, 0.29) is 5.91 Å². The average Bonchev–Trinajstić information content (AvgIpc) is 2.33. The second-order valence-corrected chi connectivity index (χ2v) is 8.30. The molecular formula is C14H18BrNO5S. The standard InChI is InChI=1S/C14H18BrNO5S/c1-8(17)16-12-10-7-9(15)5-6-11(10)20-14(2,3)13(12)21-22(4,18)19/h5-7,12-13H,1-4H3,(H,16,17)/t12-,13+/m1/s1. The maximum atomic E-state index is 11.6. The van der Waals surface area contributed by atoms with Crippen molar-refractivity contribution in [3.8, 4) is 5.75 Å². The van der Waals surface area contributed by atoms with Gasteiger partial charge in [-0.3, -0.25) is 8.98 Å². The molecule has 0 unspecified atom stereocenters. The lowest BCUT2D eigenvalue weighted by Crippen LogP contribution is -2.55. The molecule has 1 aromatic carbocycles. The van der Waals surface area contributed by atoms with Gasteiger partial charge in [-0.2, -0.15) is 8.42 Å². The maximum Gasteiger partial charge on any atom is 0.264 e. The Morgan fingerprint density at radius 2 is 2.05 bits per heavy atom. The van der Waals surface area contributed by atoms with Gasteiger partial charge in [-0.1, -0.05) is 15.9 Å². The summed E-state index contributed by atoms with van der Waals surface area (Å²) in [5.74, 6) is 0.302. The molecule has 1 aliphatic heterocycles. The predicted octanol–water partition coefficient (Wildman–Crippen LogP) is 2.14. The van der Waals surface area contributed by atoms with Crippen molar-refractivity contribution in [1.82, 2.24) is 5.32 Å². The van der Waals surface area contributed by atoms with Crippen LogP contribution in [0.4, 0.5) is 0 Å². The van der Waals surface area contributed by atoms with Gasteiger partial charge in [-0.05, 0) is 32.0 Å². The van der Waals surface area contributed by atoms with Crippen molar-refractivity contribution in [2.24, 2.45) is 0 Å². The van der Waals surface area contributed by atoms with Gasteiger partial charge in [-0.15, -0.1) is 0 Å². The van der Waals surface area contributed by atoms with Gasteiger partial charge in [0.2, 0.25) is 5.91 Å². The van der Waals surface area contributed by atoms with Crippen LogP contribution in [0.2, 0.25) is 0 Å². The van der Waals surface area contributed by atoms with Crippen LogP contribution < -0.4 is 10.1 Å². The predicted molar refractivity (Wildman–Crippen MR) is 85.1 cm³/mol. The summed E-state index contributed by atoms with van der Waals surface area (Å²) in [5, 5.41) is 2.76. The number of nitrogens with one attached hydrogen (secondary N) is 1. The van der Waals surface area contributed by atoms with Gasteiger partial charge in [0.25, 0.3) is 10.1 Å². The number of rotatable bonds is 3. The van der Waals surface area contributed by atoms with Gasteiger partial charge in [0.1, 0.15) is 17.5 Å². The van der Waals surface area contributed by atoms with E-state index < -0.39 is 27.9 Å². The molecule has 2 rings (SSSR count). The fourth-order valence-electron chi connectivity index (χ4n) is 2.49. The summed E-state index contributed by atoms with van der Waals surface area (Å²) in [6.45, 7) is 4.82. The quantitative estimate of drug-likeness (QED) is 0.798. The Bertz CT molecular complexity index is 701. The minimum absolute atomic E-state index is 0.282. The molecule has 0 bridgehead atoms. The molecule has 1 aromatic rings. The van der Waals surface area contributed by atoms with Crippen LogP contribution >= 0.6 is 15.9 Å². The molecule has 0 saturated heterocycles. The minimum atomic E-state index is -3.72. The Morgan fingerprint density at radius 3 is 2.59 bits per heavy atom. The Kier molecular flexibility index (Phi) is 4.56. The van der Waals surface area contributed by atoms with Crippen LogP contribution in [0.1, 0.15) is 32.4 Å². The topological polar surface area (TPSA) is 81.7 Å². The fraction of sp³-hybridized carbons (Fsp3) is 0.500. The maximum absolute atomic E-state index is 11.6. The van der Waals surface area contributed by atoms with Crippen LogP contribution in [-0.2, 0) is 19.1 Å². The zero-order valence-corrected chi connectivity index (χ0v) is 15.1. The summed E-state index contributed by atoms with van der Waals surface area (Å²) in [5.41, 5.74) is -0.269. The number of hydrogen-bond donors (Lipinski definition) is 1. The van der Waals surface area contributed by atoms with Gasteiger partial charge in [0, 0.05) is 17.0 Å². The monoisotopic (exact) mass is 391 g/mol. The number of hydrogen-bond acceptors (Lipinski definition) is 5. The van der Waals surface area contributed by atoms with Crippen molar-refractivity contribution < 1.29 is 22.1 Å². The number of carbonyl (C=O) groups is 1. The highest BCUT2D eigenvalue weighted by molar-refractivity contribution is 9.10. The van der Waals surface area contributed by atoms with Gasteiger partial charge in [0.15, 0.2) is 0 Å². The molecule has 1 aliphatic rings. The van der Waals surface area contributed by atoms with Gasteiger partial charge < -0.3 is 10.1 Å². The van der Waals surface area contributed by atoms with E-state index in [4.69, 9.17) is 8.92 Å². The van der Waals surface area contributed by atoms with Gasteiger partial charge >= 0.3 is 0 Å². The molecule has 122 valence electrons. The summed E-state index contributed by atoms with van der Waals surface area (Å²) in [6, 6.07) is 4.73. The molecule has 6 nitrogen and oxygen atoms in total. The van der Waals surface area contributed by atoms with Gasteiger partial charge in [0.05, 0.1) is 12.3 Å². The molecule has 1 amide bonds. The van der Waals surface area contributed by atoms with Crippen LogP contribution in [0, 0.1) is 0 Å². The second-order valence-electron chi connectivity index (χ2n) is 5.79. The first kappa shape index (κ1) is 17.2. The number of halogens is 1. The SMILES string of the molecule is CC(=O)N[C@@H]1c2cc(Br)ccc2OC(C)(C)[C@H]1OS(C)(=O)=O. The molecule has 22 heavy (non-hydrogen) atoms. The van der Waals surface area contributed by atoms with Crippen LogP contribution in [0.25, 0.3) is 0 Å². The first-order chi connectivity index (χ1) is 9.99. The largest absolute Gasteiger partial charge is 0.485 e. The van der Waals surface area contributed by atoms with Crippen molar-refractivity contribution in [2.75, 3.05) is 6.26 Å². The van der Waals surface area contributed by atoms with Crippen LogP contribution in [0.3, 0.4) is 0 Å². The van der Waals surface area contributed by atoms with Crippen LogP contribution in [0.5, 0.6) is 5.75 Å². The lowest BCUT2D eigenvalue weighted by Gasteiger charge is -2.43. The average molecular weight is 392 g/mol. The van der Waals surface area contributed by atoms with E-state index in [1.807, 2.05) is 6.07 Å². The lowest BCUT2D eigenvalue weighted by atomic mass is 9.86. The summed E-state index contributed by atoms with van der Waals surface area (Å²) in [6.07, 6.45) is 0.0952. The Labute approximate surface area is 138 Å². The van der Waals surface area contributed by atoms with Crippen molar-refractivity contribution >= 4 is 32.0 Å². The molecule has 1 heterocycles. The third-order valence-corrected chi connectivity index (χ3v) is 4.36. The van der Waals surface area contributed by atoms with E-state index in [9.17, 15) is 13.2 Å². The Balaban J connectivity index is 2.56. The summed E-state index contributed by atoms with van der Waals surface area (Å²) in [7, 11) is -3.72. The molecule has 0 saturated carbocycles. The number of amides is 1. The molecule has 0 aliphatic carbocycles. The van der Waals surface area contributed by atoms with E-state index in [0.29, 0.717) is 11.3 Å². The highest BCUT2D eigenvalue weighted by Crippen LogP contribution is 2.42. The van der Waals surface area contributed by atoms with E-state index in [1.54, 1.807) is 26.0 Å². The summed E-state index contributed by atoms with van der Waals surface area (Å²) < 4.78 is 35.1. The molecule has 1 N–H and O–H groups in total. The minimum Gasteiger partial charge on any atom is -0.485 e. The molecule has 8 heteroatoms. The van der Waals surface area contributed by atoms with Crippen molar-refractivity contribution in [1.29, 1.82) is 0 Å². The molecule has 0 spiro atoms. The molecule has 2 atom stereocenters. The zero-order chi connectivity index (χ0) is 16.7. The number of ether oxygens (including phenoxy) is 1. The number of carbonyl (C=O) groups excluding carboxylic acids is 1. The van der Waals surface area contributed by atoms with E-state index in [2.05, 4.69) is 21.2 Å². The van der Waals surface area contributed by atoms with Crippen molar-refractivity contribution in [3.63, 3.8) is 0 Å². The first-order valence-corrected chi connectivity index (χ1v) is 9.24. The van der Waals surface area contributed by atoms with Crippen LogP contribution in [-0.4, -0.2) is 32.3 Å². The molecule has 0 fully saturated rings. The van der Waals surface area contributed by atoms with Crippen molar-refractivity contribution in [2.45, 2.75) is 38.5 Å². The summed E-state index contributed by atoms with van der Waals surface area (Å²) in [4.78, 5) is 11.6. The highest BCUT2D eigenvalue weighted by atomic mass is 79.9. The molecule has 0 radical (unpaired) electrons. The summed E-state index contributed by atoms with van der Waals surface area (Å²) >= 11 is 3.37. The molecule has 0 aromatic heterocycles. The third kappa shape index (κ3) is 3.80. The second kappa shape index (κ2) is 5.82. The Morgan fingerprint density at radius 1 is 1.41 bits per heavy atom. The smallest absolute Gasteiger partial charge is 0.264 e. The number of benzene rings is 1. The van der Waals surface area contributed by atoms with Crippen LogP contribution in [0.15, 0.2) is 22.7 Å². The normalized spacial score (nSPS) is 23.3. The Hall–Kier alpha value is -1.12. The first-order valence-electron chi connectivity index (χ1n) is 6.63. The fourth-order valence-corrected chi connectivity index (χ4v) is 3.59. The van der Waals surface area contributed by atoms with Gasteiger partial charge in [-0.25, -0.2) is 0 Å². The van der Waals surface area contributed by atoms with E-state index >= 15 is 0 Å². The highest BCUT2D eigenvalue weighted by Gasteiger charge is 2.47. The number of fused-ring (bicyclic) bond motifs is 1. The van der Waals surface area contributed by atoms with E-state index in [0.717, 1.165) is 10.7 Å². The molecular weight excluding hydrogens is 374 g/mol. The van der Waals surface area contributed by atoms with E-state index in [1.165, 1.54) is 6.92 Å². The zero-order valence-electron chi connectivity index (χ0n) is 12.7.